The first-order valence-corrected chi connectivity index (χ1v) is 12.1. The van der Waals surface area contributed by atoms with Crippen molar-refractivity contribution in [2.75, 3.05) is 13.2 Å². The number of halogens is 1. The number of ether oxygens (including phenoxy) is 2. The first kappa shape index (κ1) is 26.3. The van der Waals surface area contributed by atoms with Crippen molar-refractivity contribution in [3.05, 3.63) is 97.3 Å². The summed E-state index contributed by atoms with van der Waals surface area (Å²) in [6.07, 6.45) is 3.33. The second kappa shape index (κ2) is 12.4. The van der Waals surface area contributed by atoms with E-state index < -0.39 is 0 Å². The van der Waals surface area contributed by atoms with E-state index in [1.54, 1.807) is 14.0 Å². The van der Waals surface area contributed by atoms with Gasteiger partial charge in [-0.2, -0.15) is 0 Å². The Hall–Kier alpha value is -3.32. The number of hydrogen-bond donors (Lipinski definition) is 0. The Kier molecular flexibility index (Phi) is 9.32. The molecule has 2 aromatic carbocycles. The molecule has 35 heavy (non-hydrogen) atoms. The summed E-state index contributed by atoms with van der Waals surface area (Å²) in [5.41, 5.74) is 2.43. The average molecular weight is 499 g/mol. The lowest BCUT2D eigenvalue weighted by molar-refractivity contribution is -0.143. The van der Waals surface area contributed by atoms with Crippen molar-refractivity contribution in [3.8, 4) is 5.75 Å². The van der Waals surface area contributed by atoms with Crippen LogP contribution in [0.15, 0.2) is 64.3 Å². The number of aromatic nitrogens is 2. The van der Waals surface area contributed by atoms with Crippen LogP contribution in [0.4, 0.5) is 0 Å². The van der Waals surface area contributed by atoms with Crippen LogP contribution < -0.4 is 16.0 Å². The van der Waals surface area contributed by atoms with E-state index >= 15 is 0 Å². The van der Waals surface area contributed by atoms with Crippen LogP contribution in [0.1, 0.15) is 42.4 Å². The molecule has 0 aliphatic heterocycles. The summed E-state index contributed by atoms with van der Waals surface area (Å²) >= 11 is 6.03. The third-order valence-electron chi connectivity index (χ3n) is 5.89. The van der Waals surface area contributed by atoms with Crippen LogP contribution >= 0.6 is 11.6 Å². The molecule has 3 rings (SSSR count). The molecule has 0 N–H and O–H groups in total. The fourth-order valence-corrected chi connectivity index (χ4v) is 4.11. The Labute approximate surface area is 209 Å². The van der Waals surface area contributed by atoms with E-state index in [1.807, 2.05) is 43.3 Å². The Bertz CT molecular complexity index is 1260. The second-order valence-corrected chi connectivity index (χ2v) is 8.88. The molecule has 0 aliphatic carbocycles. The van der Waals surface area contributed by atoms with Gasteiger partial charge in [0, 0.05) is 24.3 Å². The predicted molar refractivity (Wildman–Crippen MR) is 136 cm³/mol. The molecule has 0 saturated heterocycles. The molecule has 186 valence electrons. The second-order valence-electron chi connectivity index (χ2n) is 8.44. The van der Waals surface area contributed by atoms with E-state index in [-0.39, 0.29) is 36.3 Å². The maximum absolute atomic E-state index is 12.2. The number of aryl methyl sites for hydroxylation is 3. The molecule has 0 radical (unpaired) electrons. The SMILES string of the molecule is CCOC(=O)CC(CCc1ccc(OCCn2c(=O)ccn(C)c2=O)c(C)c1)c1ccc(Cl)cc1. The minimum atomic E-state index is -0.369. The molecule has 1 aromatic heterocycles. The topological polar surface area (TPSA) is 79.5 Å². The zero-order chi connectivity index (χ0) is 25.4. The molecule has 0 amide bonds. The lowest BCUT2D eigenvalue weighted by Crippen LogP contribution is -2.39. The number of carbonyl (C=O) groups is 1. The van der Waals surface area contributed by atoms with Crippen molar-refractivity contribution in [2.45, 2.75) is 45.6 Å². The Morgan fingerprint density at radius 1 is 1.09 bits per heavy atom. The maximum atomic E-state index is 12.2. The highest BCUT2D eigenvalue weighted by atomic mass is 35.5. The number of benzene rings is 2. The van der Waals surface area contributed by atoms with Crippen molar-refractivity contribution in [2.24, 2.45) is 7.05 Å². The van der Waals surface area contributed by atoms with E-state index in [2.05, 4.69) is 6.07 Å². The average Bonchev–Trinajstić information content (AvgIpc) is 2.83. The van der Waals surface area contributed by atoms with Gasteiger partial charge in [-0.1, -0.05) is 35.9 Å². The molecular formula is C27H31ClN2O5. The molecule has 0 spiro atoms. The number of rotatable bonds is 11. The minimum absolute atomic E-state index is 0.0225. The van der Waals surface area contributed by atoms with Crippen LogP contribution in [0.5, 0.6) is 5.75 Å². The first-order chi connectivity index (χ1) is 16.8. The van der Waals surface area contributed by atoms with Gasteiger partial charge < -0.3 is 14.0 Å². The Morgan fingerprint density at radius 2 is 1.83 bits per heavy atom. The highest BCUT2D eigenvalue weighted by Crippen LogP contribution is 2.28. The van der Waals surface area contributed by atoms with Gasteiger partial charge in [0.05, 0.1) is 19.6 Å². The highest BCUT2D eigenvalue weighted by molar-refractivity contribution is 6.30. The van der Waals surface area contributed by atoms with E-state index in [4.69, 9.17) is 21.1 Å². The van der Waals surface area contributed by atoms with Crippen molar-refractivity contribution in [1.82, 2.24) is 9.13 Å². The van der Waals surface area contributed by atoms with Gasteiger partial charge in [0.1, 0.15) is 12.4 Å². The summed E-state index contributed by atoms with van der Waals surface area (Å²) in [6.45, 7) is 4.50. The summed E-state index contributed by atoms with van der Waals surface area (Å²) < 4.78 is 13.5. The first-order valence-electron chi connectivity index (χ1n) is 11.7. The van der Waals surface area contributed by atoms with Gasteiger partial charge in [0.2, 0.25) is 0 Å². The molecule has 3 aromatic rings. The van der Waals surface area contributed by atoms with Gasteiger partial charge in [0.25, 0.3) is 5.56 Å². The lowest BCUT2D eigenvalue weighted by Gasteiger charge is -2.17. The molecule has 8 heteroatoms. The monoisotopic (exact) mass is 498 g/mol. The predicted octanol–water partition coefficient (Wildman–Crippen LogP) is 4.26. The lowest BCUT2D eigenvalue weighted by atomic mass is 9.89. The minimum Gasteiger partial charge on any atom is -0.491 e. The van der Waals surface area contributed by atoms with Crippen LogP contribution in [-0.2, 0) is 29.5 Å². The van der Waals surface area contributed by atoms with Crippen LogP contribution in [0.25, 0.3) is 0 Å². The summed E-state index contributed by atoms with van der Waals surface area (Å²) in [7, 11) is 1.60. The van der Waals surface area contributed by atoms with E-state index in [0.717, 1.165) is 34.1 Å². The molecular weight excluding hydrogens is 468 g/mol. The summed E-state index contributed by atoms with van der Waals surface area (Å²) in [6, 6.07) is 14.9. The van der Waals surface area contributed by atoms with E-state index in [1.165, 1.54) is 16.8 Å². The Balaban J connectivity index is 1.63. The third-order valence-corrected chi connectivity index (χ3v) is 6.14. The van der Waals surface area contributed by atoms with Crippen LogP contribution in [0.3, 0.4) is 0 Å². The zero-order valence-electron chi connectivity index (χ0n) is 20.3. The number of esters is 1. The smallest absolute Gasteiger partial charge is 0.330 e. The molecule has 0 aliphatic rings. The highest BCUT2D eigenvalue weighted by Gasteiger charge is 2.17. The molecule has 0 bridgehead atoms. The normalized spacial score (nSPS) is 11.8. The fraction of sp³-hybridized carbons (Fsp3) is 0.370. The van der Waals surface area contributed by atoms with Gasteiger partial charge in [-0.15, -0.1) is 0 Å². The largest absolute Gasteiger partial charge is 0.491 e. The quantitative estimate of drug-likeness (QED) is 0.369. The molecule has 1 unspecified atom stereocenters. The van der Waals surface area contributed by atoms with Crippen LogP contribution in [0, 0.1) is 6.92 Å². The van der Waals surface area contributed by atoms with E-state index in [0.29, 0.717) is 23.8 Å². The molecule has 1 heterocycles. The van der Waals surface area contributed by atoms with Gasteiger partial charge >= 0.3 is 11.7 Å². The summed E-state index contributed by atoms with van der Waals surface area (Å²) in [4.78, 5) is 36.2. The summed E-state index contributed by atoms with van der Waals surface area (Å²) in [5.74, 6) is 0.518. The summed E-state index contributed by atoms with van der Waals surface area (Å²) in [5, 5.41) is 0.660. The van der Waals surface area contributed by atoms with Crippen molar-refractivity contribution in [3.63, 3.8) is 0 Å². The van der Waals surface area contributed by atoms with Crippen molar-refractivity contribution < 1.29 is 14.3 Å². The Morgan fingerprint density at radius 3 is 2.51 bits per heavy atom. The number of hydrogen-bond acceptors (Lipinski definition) is 5. The fourth-order valence-electron chi connectivity index (χ4n) is 3.98. The zero-order valence-corrected chi connectivity index (χ0v) is 21.1. The van der Waals surface area contributed by atoms with Gasteiger partial charge in [-0.05, 0) is 67.5 Å². The molecule has 0 fully saturated rings. The maximum Gasteiger partial charge on any atom is 0.330 e. The molecule has 0 saturated carbocycles. The molecule has 7 nitrogen and oxygen atoms in total. The van der Waals surface area contributed by atoms with Crippen LogP contribution in [-0.4, -0.2) is 28.3 Å². The van der Waals surface area contributed by atoms with Crippen molar-refractivity contribution >= 4 is 17.6 Å². The number of carbonyl (C=O) groups excluding carboxylic acids is 1. The third kappa shape index (κ3) is 7.33. The van der Waals surface area contributed by atoms with Crippen LogP contribution in [0.2, 0.25) is 5.02 Å². The molecule has 1 atom stereocenters. The van der Waals surface area contributed by atoms with Gasteiger partial charge in [-0.25, -0.2) is 4.79 Å². The standard InChI is InChI=1S/C27H31ClN2O5/c1-4-34-26(32)18-22(21-8-10-23(28)11-9-21)7-5-20-6-12-24(19(2)17-20)35-16-15-30-25(31)13-14-29(3)27(30)33/h6,8-14,17,22H,4-5,7,15-16,18H2,1-3H3. The number of nitrogens with zero attached hydrogens (tertiary/aromatic N) is 2. The van der Waals surface area contributed by atoms with E-state index in [9.17, 15) is 14.4 Å². The van der Waals surface area contributed by atoms with Gasteiger partial charge in [-0.3, -0.25) is 14.2 Å². The van der Waals surface area contributed by atoms with Crippen molar-refractivity contribution in [1.29, 1.82) is 0 Å². The van der Waals surface area contributed by atoms with Gasteiger partial charge in [0.15, 0.2) is 0 Å².